The molecule has 1 amide bonds. The molecule has 0 unspecified atom stereocenters. The first-order chi connectivity index (χ1) is 13.6. The van der Waals surface area contributed by atoms with E-state index in [0.717, 1.165) is 10.4 Å². The number of aromatic nitrogens is 2. The van der Waals surface area contributed by atoms with Crippen LogP contribution in [0.25, 0.3) is 11.1 Å². The van der Waals surface area contributed by atoms with E-state index in [9.17, 15) is 9.59 Å². The van der Waals surface area contributed by atoms with Gasteiger partial charge in [0.2, 0.25) is 5.91 Å². The maximum atomic E-state index is 12.6. The quantitative estimate of drug-likeness (QED) is 0.518. The Morgan fingerprint density at radius 1 is 1.25 bits per heavy atom. The molecule has 142 valence electrons. The molecule has 0 fully saturated rings. The molecule has 28 heavy (non-hydrogen) atoms. The van der Waals surface area contributed by atoms with Gasteiger partial charge in [0, 0.05) is 41.3 Å². The molecule has 0 radical (unpaired) electrons. The van der Waals surface area contributed by atoms with Gasteiger partial charge in [-0.3, -0.25) is 14.3 Å². The lowest BCUT2D eigenvalue weighted by molar-refractivity contribution is -0.121. The maximum Gasteiger partial charge on any atom is 0.419 e. The van der Waals surface area contributed by atoms with E-state index in [1.54, 1.807) is 41.9 Å². The van der Waals surface area contributed by atoms with Gasteiger partial charge >= 0.3 is 5.76 Å². The third kappa shape index (κ3) is 3.85. The second-order valence-electron chi connectivity index (χ2n) is 6.18. The van der Waals surface area contributed by atoms with Crippen molar-refractivity contribution in [2.24, 2.45) is 0 Å². The van der Waals surface area contributed by atoms with Crippen molar-refractivity contribution in [3.63, 3.8) is 0 Å². The zero-order chi connectivity index (χ0) is 19.5. The lowest BCUT2D eigenvalue weighted by Gasteiger charge is -2.18. The van der Waals surface area contributed by atoms with Crippen molar-refractivity contribution in [2.45, 2.75) is 19.0 Å². The molecule has 8 heteroatoms. The fourth-order valence-corrected chi connectivity index (χ4v) is 3.99. The smallest absolute Gasteiger partial charge is 0.408 e. The van der Waals surface area contributed by atoms with Crippen molar-refractivity contribution in [1.82, 2.24) is 14.9 Å². The van der Waals surface area contributed by atoms with Gasteiger partial charge in [-0.15, -0.1) is 11.3 Å². The summed E-state index contributed by atoms with van der Waals surface area (Å²) in [4.78, 5) is 29.8. The molecule has 1 aromatic carbocycles. The van der Waals surface area contributed by atoms with Gasteiger partial charge in [0.05, 0.1) is 11.6 Å². The van der Waals surface area contributed by atoms with Crippen LogP contribution in [0.3, 0.4) is 0 Å². The van der Waals surface area contributed by atoms with Gasteiger partial charge in [0.25, 0.3) is 0 Å². The lowest BCUT2D eigenvalue weighted by Crippen LogP contribution is -2.30. The van der Waals surface area contributed by atoms with E-state index in [2.05, 4.69) is 10.3 Å². The van der Waals surface area contributed by atoms with Crippen LogP contribution >= 0.6 is 22.9 Å². The van der Waals surface area contributed by atoms with Crippen LogP contribution in [0.1, 0.15) is 22.9 Å². The molecule has 3 aromatic heterocycles. The molecule has 1 atom stereocenters. The first kappa shape index (κ1) is 18.5. The predicted molar refractivity (Wildman–Crippen MR) is 109 cm³/mol. The number of pyridine rings is 1. The van der Waals surface area contributed by atoms with Crippen LogP contribution in [-0.4, -0.2) is 15.5 Å². The highest BCUT2D eigenvalue weighted by Crippen LogP contribution is 2.26. The zero-order valence-electron chi connectivity index (χ0n) is 14.7. The Bertz CT molecular complexity index is 1150. The van der Waals surface area contributed by atoms with Crippen LogP contribution in [0.2, 0.25) is 5.02 Å². The maximum absolute atomic E-state index is 12.6. The van der Waals surface area contributed by atoms with Crippen LogP contribution in [0.4, 0.5) is 0 Å². The second kappa shape index (κ2) is 8.00. The monoisotopic (exact) mass is 413 g/mol. The van der Waals surface area contributed by atoms with Crippen LogP contribution in [0.15, 0.2) is 69.5 Å². The molecule has 0 bridgehead atoms. The number of halogens is 1. The SMILES string of the molecule is O=C(CCn1c(=O)oc2cc(Cl)ccc21)N[C@H](c1ccncc1)c1cccs1. The number of oxazole rings is 1. The van der Waals surface area contributed by atoms with Crippen LogP contribution < -0.4 is 11.1 Å². The summed E-state index contributed by atoms with van der Waals surface area (Å²) in [6, 6.07) is 12.4. The molecule has 4 rings (SSSR count). The molecule has 0 spiro atoms. The summed E-state index contributed by atoms with van der Waals surface area (Å²) in [5.41, 5.74) is 1.98. The molecule has 0 aliphatic rings. The first-order valence-electron chi connectivity index (χ1n) is 8.63. The van der Waals surface area contributed by atoms with E-state index in [0.29, 0.717) is 16.1 Å². The normalized spacial score (nSPS) is 12.2. The van der Waals surface area contributed by atoms with Crippen molar-refractivity contribution >= 4 is 39.9 Å². The average Bonchev–Trinajstić information content (AvgIpc) is 3.32. The molecular weight excluding hydrogens is 398 g/mol. The summed E-state index contributed by atoms with van der Waals surface area (Å²) in [5, 5.41) is 5.51. The number of aryl methyl sites for hydroxylation is 1. The minimum absolute atomic E-state index is 0.143. The highest BCUT2D eigenvalue weighted by Gasteiger charge is 2.18. The van der Waals surface area contributed by atoms with Crippen molar-refractivity contribution in [2.75, 3.05) is 0 Å². The fourth-order valence-electron chi connectivity index (χ4n) is 3.03. The van der Waals surface area contributed by atoms with Crippen molar-refractivity contribution in [1.29, 1.82) is 0 Å². The second-order valence-corrected chi connectivity index (χ2v) is 7.59. The predicted octanol–water partition coefficient (Wildman–Crippen LogP) is 4.00. The Labute approximate surface area is 169 Å². The number of thiophene rings is 1. The van der Waals surface area contributed by atoms with E-state index in [-0.39, 0.29) is 24.9 Å². The summed E-state index contributed by atoms with van der Waals surface area (Å²) in [6.07, 6.45) is 3.54. The summed E-state index contributed by atoms with van der Waals surface area (Å²) >= 11 is 7.50. The number of carbonyl (C=O) groups is 1. The molecular formula is C20H16ClN3O3S. The van der Waals surface area contributed by atoms with Crippen LogP contribution in [0.5, 0.6) is 0 Å². The summed E-state index contributed by atoms with van der Waals surface area (Å²) in [7, 11) is 0. The Morgan fingerprint density at radius 3 is 2.82 bits per heavy atom. The van der Waals surface area contributed by atoms with Gasteiger partial charge in [-0.1, -0.05) is 17.7 Å². The average molecular weight is 414 g/mol. The van der Waals surface area contributed by atoms with Crippen molar-refractivity contribution in [3.05, 3.63) is 86.3 Å². The number of nitrogens with zero attached hydrogens (tertiary/aromatic N) is 2. The number of carbonyl (C=O) groups excluding carboxylic acids is 1. The van der Waals surface area contributed by atoms with Crippen LogP contribution in [-0.2, 0) is 11.3 Å². The minimum atomic E-state index is -0.506. The molecule has 0 aliphatic heterocycles. The van der Waals surface area contributed by atoms with Gasteiger partial charge in [-0.05, 0) is 41.3 Å². The molecule has 1 N–H and O–H groups in total. The lowest BCUT2D eigenvalue weighted by atomic mass is 10.1. The third-order valence-electron chi connectivity index (χ3n) is 4.37. The molecule has 0 saturated carbocycles. The van der Waals surface area contributed by atoms with Gasteiger partial charge in [0.15, 0.2) is 5.58 Å². The first-order valence-corrected chi connectivity index (χ1v) is 9.89. The fraction of sp³-hybridized carbons (Fsp3) is 0.150. The number of fused-ring (bicyclic) bond motifs is 1. The number of rotatable bonds is 6. The van der Waals surface area contributed by atoms with Crippen LogP contribution in [0, 0.1) is 0 Å². The van der Waals surface area contributed by atoms with E-state index in [1.165, 1.54) is 4.57 Å². The standard InChI is InChI=1S/C20H16ClN3O3S/c21-14-3-4-15-16(12-14)27-20(26)24(15)10-7-18(25)23-19(17-2-1-11-28-17)13-5-8-22-9-6-13/h1-6,8-9,11-12,19H,7,10H2,(H,23,25)/t19-/m1/s1. The van der Waals surface area contributed by atoms with E-state index < -0.39 is 5.76 Å². The number of benzene rings is 1. The Hall–Kier alpha value is -2.90. The molecule has 3 heterocycles. The largest absolute Gasteiger partial charge is 0.419 e. The summed E-state index contributed by atoms with van der Waals surface area (Å²) < 4.78 is 6.65. The van der Waals surface area contributed by atoms with Gasteiger partial charge < -0.3 is 9.73 Å². The number of hydrogen-bond donors (Lipinski definition) is 1. The topological polar surface area (TPSA) is 77.1 Å². The Kier molecular flexibility index (Phi) is 5.27. The number of hydrogen-bond acceptors (Lipinski definition) is 5. The highest BCUT2D eigenvalue weighted by atomic mass is 35.5. The molecule has 0 saturated heterocycles. The highest BCUT2D eigenvalue weighted by molar-refractivity contribution is 7.10. The summed E-state index contributed by atoms with van der Waals surface area (Å²) in [6.45, 7) is 0.215. The zero-order valence-corrected chi connectivity index (χ0v) is 16.2. The van der Waals surface area contributed by atoms with E-state index >= 15 is 0 Å². The van der Waals surface area contributed by atoms with Gasteiger partial charge in [-0.25, -0.2) is 4.79 Å². The van der Waals surface area contributed by atoms with Crippen molar-refractivity contribution < 1.29 is 9.21 Å². The van der Waals surface area contributed by atoms with Gasteiger partial charge in [0.1, 0.15) is 0 Å². The number of amides is 1. The van der Waals surface area contributed by atoms with Crippen molar-refractivity contribution in [3.8, 4) is 0 Å². The summed E-state index contributed by atoms with van der Waals surface area (Å²) in [5.74, 6) is -0.667. The molecule has 4 aromatic rings. The number of nitrogens with one attached hydrogen (secondary N) is 1. The Balaban J connectivity index is 1.51. The third-order valence-corrected chi connectivity index (χ3v) is 5.54. The molecule has 0 aliphatic carbocycles. The van der Waals surface area contributed by atoms with E-state index in [4.69, 9.17) is 16.0 Å². The Morgan fingerprint density at radius 2 is 2.07 bits per heavy atom. The molecule has 6 nitrogen and oxygen atoms in total. The van der Waals surface area contributed by atoms with E-state index in [1.807, 2.05) is 29.6 Å². The van der Waals surface area contributed by atoms with Gasteiger partial charge in [-0.2, -0.15) is 0 Å². The minimum Gasteiger partial charge on any atom is -0.408 e.